The summed E-state index contributed by atoms with van der Waals surface area (Å²) in [6.07, 6.45) is 14.5. The molecule has 0 radical (unpaired) electrons. The number of carbonyl (C=O) groups is 2. The molecule has 1 amide bonds. The van der Waals surface area contributed by atoms with Crippen LogP contribution in [0.25, 0.3) is 0 Å². The molecule has 0 aromatic carbocycles. The second kappa shape index (κ2) is 11.8. The summed E-state index contributed by atoms with van der Waals surface area (Å²) in [6.45, 7) is 2.54. The number of nitrogens with zero attached hydrogens (tertiary/aromatic N) is 2. The topological polar surface area (TPSA) is 72.6 Å². The maximum atomic E-state index is 12.9. The molecule has 1 heterocycles. The summed E-state index contributed by atoms with van der Waals surface area (Å²) in [4.78, 5) is 30.6. The zero-order chi connectivity index (χ0) is 19.5. The van der Waals surface area contributed by atoms with E-state index in [0.29, 0.717) is 18.9 Å². The van der Waals surface area contributed by atoms with Crippen molar-refractivity contribution >= 4 is 11.9 Å². The fourth-order valence-corrected chi connectivity index (χ4v) is 3.74. The molecular weight excluding hydrogens is 344 g/mol. The van der Waals surface area contributed by atoms with E-state index in [1.807, 2.05) is 4.90 Å². The molecule has 152 valence electrons. The van der Waals surface area contributed by atoms with Crippen LogP contribution in [0.4, 0.5) is 0 Å². The zero-order valence-corrected chi connectivity index (χ0v) is 16.9. The molecule has 1 aliphatic carbocycles. The number of hydrogen-bond donors (Lipinski definition) is 0. The summed E-state index contributed by atoms with van der Waals surface area (Å²) in [7, 11) is 1.31. The van der Waals surface area contributed by atoms with Gasteiger partial charge in [0, 0.05) is 12.5 Å². The molecule has 1 aromatic rings. The summed E-state index contributed by atoms with van der Waals surface area (Å²) < 4.78 is 10.1. The van der Waals surface area contributed by atoms with Gasteiger partial charge in [-0.05, 0) is 19.3 Å². The number of ether oxygens (including phenoxy) is 1. The molecule has 0 saturated heterocycles. The Labute approximate surface area is 162 Å². The smallest absolute Gasteiger partial charge is 0.360 e. The lowest BCUT2D eigenvalue weighted by Gasteiger charge is -2.33. The van der Waals surface area contributed by atoms with Crippen LogP contribution >= 0.6 is 0 Å². The van der Waals surface area contributed by atoms with Gasteiger partial charge in [-0.25, -0.2) is 9.78 Å². The number of rotatable bonds is 11. The Bertz CT molecular complexity index is 578. The lowest BCUT2D eigenvalue weighted by molar-refractivity contribution is -0.135. The number of carbonyl (C=O) groups excluding carboxylic acids is 2. The first kappa shape index (κ1) is 21.5. The number of esters is 1. The monoisotopic (exact) mass is 378 g/mol. The number of oxazole rings is 1. The van der Waals surface area contributed by atoms with Gasteiger partial charge >= 0.3 is 5.97 Å². The predicted molar refractivity (Wildman–Crippen MR) is 103 cm³/mol. The van der Waals surface area contributed by atoms with E-state index in [1.165, 1.54) is 45.5 Å². The first-order valence-electron chi connectivity index (χ1n) is 10.5. The molecule has 6 nitrogen and oxygen atoms in total. The van der Waals surface area contributed by atoms with E-state index < -0.39 is 5.97 Å². The van der Waals surface area contributed by atoms with Gasteiger partial charge in [-0.15, -0.1) is 0 Å². The molecule has 1 aliphatic rings. The summed E-state index contributed by atoms with van der Waals surface area (Å²) >= 11 is 0. The zero-order valence-electron chi connectivity index (χ0n) is 16.9. The third-order valence-electron chi connectivity index (χ3n) is 5.33. The molecule has 0 bridgehead atoms. The number of aromatic nitrogens is 1. The Morgan fingerprint density at radius 1 is 1.15 bits per heavy atom. The predicted octanol–water partition coefficient (Wildman–Crippen LogP) is 4.87. The standard InChI is InChI=1S/C21H34N2O4/c1-3-4-5-6-7-11-14-20(24)23(17-12-9-8-10-13-17)15-19-22-18(16-27-19)21(25)26-2/h16-17H,3-15H2,1-2H3. The maximum Gasteiger partial charge on any atom is 0.360 e. The van der Waals surface area contributed by atoms with Crippen LogP contribution in [0.2, 0.25) is 0 Å². The number of methoxy groups -OCH3 is 1. The van der Waals surface area contributed by atoms with E-state index in [4.69, 9.17) is 4.42 Å². The Morgan fingerprint density at radius 3 is 2.56 bits per heavy atom. The van der Waals surface area contributed by atoms with Crippen molar-refractivity contribution in [2.45, 2.75) is 96.6 Å². The molecule has 2 rings (SSSR count). The van der Waals surface area contributed by atoms with Crippen LogP contribution in [0.3, 0.4) is 0 Å². The minimum atomic E-state index is -0.521. The first-order valence-corrected chi connectivity index (χ1v) is 10.5. The largest absolute Gasteiger partial charge is 0.464 e. The SMILES string of the molecule is CCCCCCCCC(=O)N(Cc1nc(C(=O)OC)co1)C1CCCCC1. The Kier molecular flexibility index (Phi) is 9.36. The molecule has 1 aromatic heterocycles. The molecular formula is C21H34N2O4. The Hall–Kier alpha value is -1.85. The highest BCUT2D eigenvalue weighted by atomic mass is 16.5. The fraction of sp³-hybridized carbons (Fsp3) is 0.762. The van der Waals surface area contributed by atoms with Crippen molar-refractivity contribution in [3.63, 3.8) is 0 Å². The Morgan fingerprint density at radius 2 is 1.85 bits per heavy atom. The van der Waals surface area contributed by atoms with Crippen molar-refractivity contribution in [1.82, 2.24) is 9.88 Å². The van der Waals surface area contributed by atoms with Gasteiger partial charge in [-0.1, -0.05) is 58.3 Å². The van der Waals surface area contributed by atoms with Gasteiger partial charge < -0.3 is 14.1 Å². The second-order valence-electron chi connectivity index (χ2n) is 7.45. The van der Waals surface area contributed by atoms with Crippen LogP contribution < -0.4 is 0 Å². The van der Waals surface area contributed by atoms with Crippen LogP contribution in [-0.2, 0) is 16.1 Å². The number of amides is 1. The molecule has 0 spiro atoms. The van der Waals surface area contributed by atoms with Gasteiger partial charge in [0.25, 0.3) is 0 Å². The van der Waals surface area contributed by atoms with Gasteiger partial charge in [0.15, 0.2) is 5.69 Å². The quantitative estimate of drug-likeness (QED) is 0.405. The van der Waals surface area contributed by atoms with Crippen LogP contribution in [0.15, 0.2) is 10.7 Å². The van der Waals surface area contributed by atoms with Crippen LogP contribution in [-0.4, -0.2) is 34.9 Å². The van der Waals surface area contributed by atoms with Gasteiger partial charge in [0.2, 0.25) is 11.8 Å². The van der Waals surface area contributed by atoms with Gasteiger partial charge in [-0.2, -0.15) is 0 Å². The highest BCUT2D eigenvalue weighted by molar-refractivity contribution is 5.86. The second-order valence-corrected chi connectivity index (χ2v) is 7.45. The number of unbranched alkanes of at least 4 members (excludes halogenated alkanes) is 5. The molecule has 0 unspecified atom stereocenters. The summed E-state index contributed by atoms with van der Waals surface area (Å²) in [5.74, 6) is 0.0556. The molecule has 27 heavy (non-hydrogen) atoms. The van der Waals surface area contributed by atoms with Gasteiger partial charge in [-0.3, -0.25) is 4.79 Å². The molecule has 0 atom stereocenters. The third kappa shape index (κ3) is 7.00. The average molecular weight is 379 g/mol. The molecule has 0 aliphatic heterocycles. The summed E-state index contributed by atoms with van der Waals surface area (Å²) in [5.41, 5.74) is 0.152. The summed E-state index contributed by atoms with van der Waals surface area (Å²) in [6, 6.07) is 0.250. The normalized spacial score (nSPS) is 14.9. The maximum absolute atomic E-state index is 12.9. The number of hydrogen-bond acceptors (Lipinski definition) is 5. The minimum Gasteiger partial charge on any atom is -0.464 e. The van der Waals surface area contributed by atoms with Crippen molar-refractivity contribution in [3.05, 3.63) is 17.8 Å². The van der Waals surface area contributed by atoms with Gasteiger partial charge in [0.05, 0.1) is 13.7 Å². The van der Waals surface area contributed by atoms with E-state index in [9.17, 15) is 9.59 Å². The van der Waals surface area contributed by atoms with E-state index in [1.54, 1.807) is 0 Å². The molecule has 1 saturated carbocycles. The lowest BCUT2D eigenvalue weighted by Crippen LogP contribution is -2.41. The van der Waals surface area contributed by atoms with Crippen LogP contribution in [0.5, 0.6) is 0 Å². The van der Waals surface area contributed by atoms with Crippen molar-refractivity contribution in [3.8, 4) is 0 Å². The highest BCUT2D eigenvalue weighted by Gasteiger charge is 2.27. The first-order chi connectivity index (χ1) is 13.2. The molecule has 1 fully saturated rings. The highest BCUT2D eigenvalue weighted by Crippen LogP contribution is 2.25. The third-order valence-corrected chi connectivity index (χ3v) is 5.33. The Balaban J connectivity index is 1.93. The van der Waals surface area contributed by atoms with Crippen molar-refractivity contribution < 1.29 is 18.7 Å². The van der Waals surface area contributed by atoms with Crippen molar-refractivity contribution in [2.75, 3.05) is 7.11 Å². The minimum absolute atomic E-state index is 0.152. The van der Waals surface area contributed by atoms with Crippen molar-refractivity contribution in [2.24, 2.45) is 0 Å². The summed E-state index contributed by atoms with van der Waals surface area (Å²) in [5, 5.41) is 0. The van der Waals surface area contributed by atoms with Gasteiger partial charge in [0.1, 0.15) is 6.26 Å². The van der Waals surface area contributed by atoms with Crippen LogP contribution in [0, 0.1) is 0 Å². The molecule has 6 heteroatoms. The van der Waals surface area contributed by atoms with E-state index >= 15 is 0 Å². The van der Waals surface area contributed by atoms with E-state index in [0.717, 1.165) is 38.5 Å². The lowest BCUT2D eigenvalue weighted by atomic mass is 9.93. The van der Waals surface area contributed by atoms with E-state index in [-0.39, 0.29) is 17.6 Å². The fourth-order valence-electron chi connectivity index (χ4n) is 3.74. The average Bonchev–Trinajstić information content (AvgIpc) is 3.17. The van der Waals surface area contributed by atoms with E-state index in [2.05, 4.69) is 16.6 Å². The van der Waals surface area contributed by atoms with Crippen LogP contribution in [0.1, 0.15) is 100 Å². The van der Waals surface area contributed by atoms with Crippen molar-refractivity contribution in [1.29, 1.82) is 0 Å². The molecule has 0 N–H and O–H groups in total.